The van der Waals surface area contributed by atoms with Crippen molar-refractivity contribution in [2.75, 3.05) is 32.9 Å². The molecule has 0 bridgehead atoms. The van der Waals surface area contributed by atoms with E-state index in [1.165, 1.54) is 0 Å². The highest BCUT2D eigenvalue weighted by molar-refractivity contribution is 6.32. The van der Waals surface area contributed by atoms with Crippen molar-refractivity contribution in [3.8, 4) is 5.75 Å². The summed E-state index contributed by atoms with van der Waals surface area (Å²) in [7, 11) is 0. The van der Waals surface area contributed by atoms with E-state index in [2.05, 4.69) is 5.32 Å². The van der Waals surface area contributed by atoms with E-state index in [9.17, 15) is 0 Å². The molecule has 0 aliphatic heterocycles. The van der Waals surface area contributed by atoms with Gasteiger partial charge in [0.15, 0.2) is 0 Å². The Kier molecular flexibility index (Phi) is 8.63. The molecular formula is C15H24ClNO2. The molecule has 0 heterocycles. The summed E-state index contributed by atoms with van der Waals surface area (Å²) in [6.07, 6.45) is 2.23. The highest BCUT2D eigenvalue weighted by atomic mass is 35.5. The normalized spacial score (nSPS) is 10.7. The smallest absolute Gasteiger partial charge is 0.138 e. The molecule has 0 fully saturated rings. The molecule has 1 aromatic rings. The number of ether oxygens (including phenoxy) is 2. The maximum absolute atomic E-state index is 6.05. The molecule has 0 aromatic heterocycles. The molecule has 108 valence electrons. The van der Waals surface area contributed by atoms with Crippen LogP contribution in [0.2, 0.25) is 5.02 Å². The largest absolute Gasteiger partial charge is 0.491 e. The van der Waals surface area contributed by atoms with E-state index in [1.807, 2.05) is 32.0 Å². The molecular weight excluding hydrogens is 262 g/mol. The van der Waals surface area contributed by atoms with Crippen molar-refractivity contribution >= 4 is 11.6 Å². The first-order chi connectivity index (χ1) is 9.24. The number of nitrogens with one attached hydrogen (secondary N) is 1. The van der Waals surface area contributed by atoms with Crippen LogP contribution in [0, 0.1) is 6.92 Å². The molecule has 0 radical (unpaired) electrons. The molecule has 4 heteroatoms. The predicted octanol–water partition coefficient (Wildman–Crippen LogP) is 3.43. The predicted molar refractivity (Wildman–Crippen MR) is 80.3 cm³/mol. The number of aryl methyl sites for hydroxylation is 1. The third-order valence-electron chi connectivity index (χ3n) is 2.72. The number of unbranched alkanes of at least 4 members (excludes halogenated alkanes) is 1. The number of hydrogen-bond donors (Lipinski definition) is 1. The molecule has 1 rings (SSSR count). The highest BCUT2D eigenvalue weighted by Crippen LogP contribution is 2.24. The molecule has 0 amide bonds. The molecule has 0 aliphatic carbocycles. The highest BCUT2D eigenvalue weighted by Gasteiger charge is 2.00. The number of rotatable bonds is 10. The Balaban J connectivity index is 2.03. The van der Waals surface area contributed by atoms with Gasteiger partial charge in [-0.2, -0.15) is 0 Å². The van der Waals surface area contributed by atoms with Crippen molar-refractivity contribution in [2.45, 2.75) is 26.7 Å². The number of halogens is 1. The first-order valence-electron chi connectivity index (χ1n) is 6.91. The fourth-order valence-electron chi connectivity index (χ4n) is 1.68. The minimum atomic E-state index is 0.634. The fourth-order valence-corrected chi connectivity index (χ4v) is 1.85. The summed E-state index contributed by atoms with van der Waals surface area (Å²) in [4.78, 5) is 0. The van der Waals surface area contributed by atoms with Crippen molar-refractivity contribution in [1.82, 2.24) is 5.32 Å². The van der Waals surface area contributed by atoms with Crippen LogP contribution >= 0.6 is 11.6 Å². The van der Waals surface area contributed by atoms with Gasteiger partial charge >= 0.3 is 0 Å². The van der Waals surface area contributed by atoms with Crippen LogP contribution in [0.5, 0.6) is 5.75 Å². The number of benzene rings is 1. The molecule has 1 N–H and O–H groups in total. The first-order valence-corrected chi connectivity index (χ1v) is 7.29. The Labute approximate surface area is 121 Å². The zero-order chi connectivity index (χ0) is 13.9. The van der Waals surface area contributed by atoms with Crippen molar-refractivity contribution in [3.63, 3.8) is 0 Å². The van der Waals surface area contributed by atoms with Crippen LogP contribution in [-0.4, -0.2) is 32.9 Å². The Morgan fingerprint density at radius 1 is 1.16 bits per heavy atom. The van der Waals surface area contributed by atoms with E-state index in [1.54, 1.807) is 0 Å². The van der Waals surface area contributed by atoms with E-state index in [0.29, 0.717) is 11.6 Å². The van der Waals surface area contributed by atoms with Crippen LogP contribution < -0.4 is 10.1 Å². The van der Waals surface area contributed by atoms with Crippen molar-refractivity contribution in [1.29, 1.82) is 0 Å². The van der Waals surface area contributed by atoms with Gasteiger partial charge < -0.3 is 14.8 Å². The van der Waals surface area contributed by atoms with Crippen LogP contribution in [0.1, 0.15) is 25.3 Å². The third kappa shape index (κ3) is 7.41. The minimum Gasteiger partial charge on any atom is -0.491 e. The van der Waals surface area contributed by atoms with Crippen molar-refractivity contribution < 1.29 is 9.47 Å². The minimum absolute atomic E-state index is 0.634. The lowest BCUT2D eigenvalue weighted by Gasteiger charge is -2.09. The van der Waals surface area contributed by atoms with Crippen LogP contribution in [-0.2, 0) is 4.74 Å². The molecule has 0 saturated carbocycles. The SMILES string of the molecule is CCOCCCCNCCOc1cc(C)ccc1Cl. The van der Waals surface area contributed by atoms with Gasteiger partial charge in [0.1, 0.15) is 12.4 Å². The summed E-state index contributed by atoms with van der Waals surface area (Å²) in [5.41, 5.74) is 1.16. The standard InChI is InChI=1S/C15H24ClNO2/c1-3-18-10-5-4-8-17-9-11-19-15-12-13(2)6-7-14(15)16/h6-7,12,17H,3-5,8-11H2,1-2H3. The molecule has 3 nitrogen and oxygen atoms in total. The maximum atomic E-state index is 6.05. The van der Waals surface area contributed by atoms with Crippen molar-refractivity contribution in [3.05, 3.63) is 28.8 Å². The average Bonchev–Trinajstić information content (AvgIpc) is 2.40. The lowest BCUT2D eigenvalue weighted by molar-refractivity contribution is 0.143. The Morgan fingerprint density at radius 3 is 2.79 bits per heavy atom. The second-order valence-corrected chi connectivity index (χ2v) is 4.84. The summed E-state index contributed by atoms with van der Waals surface area (Å²) in [5, 5.41) is 4.01. The van der Waals surface area contributed by atoms with Gasteiger partial charge in [-0.1, -0.05) is 17.7 Å². The zero-order valence-corrected chi connectivity index (χ0v) is 12.6. The Morgan fingerprint density at radius 2 is 2.00 bits per heavy atom. The van der Waals surface area contributed by atoms with Gasteiger partial charge in [0, 0.05) is 19.8 Å². The van der Waals surface area contributed by atoms with E-state index < -0.39 is 0 Å². The molecule has 0 unspecified atom stereocenters. The van der Waals surface area contributed by atoms with Crippen LogP contribution in [0.15, 0.2) is 18.2 Å². The van der Waals surface area contributed by atoms with Crippen molar-refractivity contribution in [2.24, 2.45) is 0 Å². The van der Waals surface area contributed by atoms with E-state index in [-0.39, 0.29) is 0 Å². The van der Waals surface area contributed by atoms with Gasteiger partial charge in [-0.05, 0) is 50.9 Å². The summed E-state index contributed by atoms with van der Waals surface area (Å²) in [5.74, 6) is 0.764. The first kappa shape index (κ1) is 16.3. The van der Waals surface area contributed by atoms with Gasteiger partial charge in [-0.3, -0.25) is 0 Å². The zero-order valence-electron chi connectivity index (χ0n) is 11.9. The molecule has 19 heavy (non-hydrogen) atoms. The molecule has 0 saturated heterocycles. The van der Waals surface area contributed by atoms with Gasteiger partial charge in [0.05, 0.1) is 5.02 Å². The summed E-state index contributed by atoms with van der Waals surface area (Å²) < 4.78 is 10.9. The lowest BCUT2D eigenvalue weighted by Crippen LogP contribution is -2.22. The maximum Gasteiger partial charge on any atom is 0.138 e. The monoisotopic (exact) mass is 285 g/mol. The van der Waals surface area contributed by atoms with Crippen LogP contribution in [0.25, 0.3) is 0 Å². The molecule has 0 aliphatic rings. The molecule has 0 atom stereocenters. The average molecular weight is 286 g/mol. The van der Waals surface area contributed by atoms with E-state index in [0.717, 1.165) is 50.5 Å². The fraction of sp³-hybridized carbons (Fsp3) is 0.600. The molecule has 1 aromatic carbocycles. The van der Waals surface area contributed by atoms with Gasteiger partial charge in [0.25, 0.3) is 0 Å². The lowest BCUT2D eigenvalue weighted by atomic mass is 10.2. The van der Waals surface area contributed by atoms with E-state index >= 15 is 0 Å². The Hall–Kier alpha value is -0.770. The van der Waals surface area contributed by atoms with Gasteiger partial charge in [-0.25, -0.2) is 0 Å². The van der Waals surface area contributed by atoms with Crippen LogP contribution in [0.4, 0.5) is 0 Å². The third-order valence-corrected chi connectivity index (χ3v) is 3.03. The quantitative estimate of drug-likeness (QED) is 0.668. The summed E-state index contributed by atoms with van der Waals surface area (Å²) >= 11 is 6.05. The van der Waals surface area contributed by atoms with Gasteiger partial charge in [-0.15, -0.1) is 0 Å². The Bertz CT molecular complexity index is 358. The topological polar surface area (TPSA) is 30.5 Å². The second-order valence-electron chi connectivity index (χ2n) is 4.44. The van der Waals surface area contributed by atoms with Gasteiger partial charge in [0.2, 0.25) is 0 Å². The number of hydrogen-bond acceptors (Lipinski definition) is 3. The van der Waals surface area contributed by atoms with E-state index in [4.69, 9.17) is 21.1 Å². The summed E-state index contributed by atoms with van der Waals surface area (Å²) in [6, 6.07) is 5.81. The molecule has 0 spiro atoms. The second kappa shape index (κ2) is 10.1. The summed E-state index contributed by atoms with van der Waals surface area (Å²) in [6.45, 7) is 8.17. The van der Waals surface area contributed by atoms with Crippen LogP contribution in [0.3, 0.4) is 0 Å².